The summed E-state index contributed by atoms with van der Waals surface area (Å²) in [6.07, 6.45) is 1.82. The van der Waals surface area contributed by atoms with Crippen LogP contribution < -0.4 is 24.4 Å². The van der Waals surface area contributed by atoms with Gasteiger partial charge in [0.1, 0.15) is 6.61 Å². The average molecular weight is 729 g/mol. The molecule has 1 aliphatic heterocycles. The third-order valence-corrected chi connectivity index (χ3v) is 9.02. The van der Waals surface area contributed by atoms with E-state index in [0.717, 1.165) is 25.8 Å². The SMILES string of the molecule is CCOC(=O)C1=C(C)N=c2s/c(=C\c3cc(I)c(OCc4ccccc4Cl)c(OCC)c3)c(=O)n2[C@H]1c1ccc(C)cc1. The standard InChI is InChI=1S/C33H30ClIN2O5S/c1-5-40-26-16-21(15-25(35)30(26)42-18-23-9-7-8-10-24(23)34)17-27-31(38)37-29(22-13-11-19(3)12-14-22)28(32(39)41-6-2)20(4)36-33(37)43-27/h7-17,29H,5-6,18H2,1-4H3/b27-17-/t29-/m0/s1. The van der Waals surface area contributed by atoms with E-state index in [-0.39, 0.29) is 18.8 Å². The number of fused-ring (bicyclic) bond motifs is 1. The van der Waals surface area contributed by atoms with Gasteiger partial charge in [-0.15, -0.1) is 0 Å². The van der Waals surface area contributed by atoms with Crippen molar-refractivity contribution in [1.82, 2.24) is 4.57 Å². The highest BCUT2D eigenvalue weighted by molar-refractivity contribution is 14.1. The zero-order valence-electron chi connectivity index (χ0n) is 24.1. The molecular formula is C33H30ClIN2O5S. The predicted molar refractivity (Wildman–Crippen MR) is 178 cm³/mol. The molecule has 222 valence electrons. The molecule has 0 N–H and O–H groups in total. The van der Waals surface area contributed by atoms with Crippen LogP contribution in [0.25, 0.3) is 6.08 Å². The van der Waals surface area contributed by atoms with Crippen molar-refractivity contribution in [3.8, 4) is 11.5 Å². The lowest BCUT2D eigenvalue weighted by Gasteiger charge is -2.24. The van der Waals surface area contributed by atoms with E-state index in [9.17, 15) is 9.59 Å². The van der Waals surface area contributed by atoms with Gasteiger partial charge in [-0.3, -0.25) is 9.36 Å². The Bertz CT molecular complexity index is 1900. The van der Waals surface area contributed by atoms with Crippen LogP contribution in [0, 0.1) is 10.5 Å². The van der Waals surface area contributed by atoms with E-state index in [2.05, 4.69) is 27.6 Å². The zero-order valence-corrected chi connectivity index (χ0v) is 27.9. The molecule has 0 unspecified atom stereocenters. The van der Waals surface area contributed by atoms with Gasteiger partial charge >= 0.3 is 5.97 Å². The number of benzene rings is 3. The number of carbonyl (C=O) groups is 1. The summed E-state index contributed by atoms with van der Waals surface area (Å²) < 4.78 is 20.4. The highest BCUT2D eigenvalue weighted by Crippen LogP contribution is 2.36. The van der Waals surface area contributed by atoms with Crippen LogP contribution in [0.3, 0.4) is 0 Å². The minimum atomic E-state index is -0.655. The second kappa shape index (κ2) is 13.5. The summed E-state index contributed by atoms with van der Waals surface area (Å²) in [6, 6.07) is 18.5. The van der Waals surface area contributed by atoms with Crippen molar-refractivity contribution >= 4 is 57.6 Å². The maximum Gasteiger partial charge on any atom is 0.338 e. The number of thiazole rings is 1. The number of hydrogen-bond acceptors (Lipinski definition) is 7. The van der Waals surface area contributed by atoms with Crippen LogP contribution in [0.2, 0.25) is 5.02 Å². The van der Waals surface area contributed by atoms with Crippen LogP contribution in [-0.2, 0) is 16.1 Å². The number of hydrogen-bond donors (Lipinski definition) is 0. The van der Waals surface area contributed by atoms with Gasteiger partial charge in [-0.25, -0.2) is 9.79 Å². The number of allylic oxidation sites excluding steroid dienone is 1. The Labute approximate surface area is 272 Å². The third kappa shape index (κ3) is 6.58. The van der Waals surface area contributed by atoms with E-state index in [1.54, 1.807) is 18.4 Å². The molecule has 43 heavy (non-hydrogen) atoms. The average Bonchev–Trinajstić information content (AvgIpc) is 3.27. The normalized spacial score (nSPS) is 14.7. The van der Waals surface area contributed by atoms with Crippen molar-refractivity contribution in [1.29, 1.82) is 0 Å². The highest BCUT2D eigenvalue weighted by atomic mass is 127. The molecule has 2 heterocycles. The maximum absolute atomic E-state index is 14.0. The third-order valence-electron chi connectivity index (χ3n) is 6.87. The van der Waals surface area contributed by atoms with Gasteiger partial charge in [-0.05, 0) is 85.7 Å². The van der Waals surface area contributed by atoms with Crippen molar-refractivity contribution < 1.29 is 19.0 Å². The Hall–Kier alpha value is -3.41. The number of halogens is 2. The first kappa shape index (κ1) is 31.0. The lowest BCUT2D eigenvalue weighted by atomic mass is 9.95. The van der Waals surface area contributed by atoms with Crippen LogP contribution in [0.1, 0.15) is 49.1 Å². The summed E-state index contributed by atoms with van der Waals surface area (Å²) in [6.45, 7) is 8.39. The molecule has 3 aromatic carbocycles. The Morgan fingerprint density at radius 2 is 1.81 bits per heavy atom. The molecule has 5 rings (SSSR count). The molecule has 0 spiro atoms. The van der Waals surface area contributed by atoms with Gasteiger partial charge in [-0.2, -0.15) is 0 Å². The van der Waals surface area contributed by atoms with Gasteiger partial charge in [0.2, 0.25) is 0 Å². The largest absolute Gasteiger partial charge is 0.490 e. The number of nitrogens with zero attached hydrogens (tertiary/aromatic N) is 2. The minimum absolute atomic E-state index is 0.222. The minimum Gasteiger partial charge on any atom is -0.490 e. The topological polar surface area (TPSA) is 79.1 Å². The van der Waals surface area contributed by atoms with E-state index in [1.165, 1.54) is 11.3 Å². The summed E-state index contributed by atoms with van der Waals surface area (Å²) in [5.74, 6) is 0.695. The molecule has 1 atom stereocenters. The van der Waals surface area contributed by atoms with Crippen molar-refractivity contribution in [2.45, 2.75) is 40.3 Å². The van der Waals surface area contributed by atoms with E-state index in [0.29, 0.717) is 43.7 Å². The Morgan fingerprint density at radius 3 is 2.51 bits per heavy atom. The lowest BCUT2D eigenvalue weighted by molar-refractivity contribution is -0.139. The number of aromatic nitrogens is 1. The summed E-state index contributed by atoms with van der Waals surface area (Å²) in [5, 5.41) is 0.632. The molecule has 1 aliphatic rings. The van der Waals surface area contributed by atoms with Gasteiger partial charge in [0.25, 0.3) is 5.56 Å². The molecule has 0 amide bonds. The summed E-state index contributed by atoms with van der Waals surface area (Å²) in [4.78, 5) is 32.3. The van der Waals surface area contributed by atoms with Gasteiger partial charge in [-0.1, -0.05) is 71.0 Å². The first-order chi connectivity index (χ1) is 20.7. The van der Waals surface area contributed by atoms with E-state index < -0.39 is 12.0 Å². The Balaban J connectivity index is 1.59. The molecule has 0 radical (unpaired) electrons. The zero-order chi connectivity index (χ0) is 30.7. The van der Waals surface area contributed by atoms with Gasteiger partial charge in [0, 0.05) is 10.6 Å². The second-order valence-corrected chi connectivity index (χ2v) is 12.4. The molecule has 0 aliphatic carbocycles. The van der Waals surface area contributed by atoms with Crippen LogP contribution in [0.5, 0.6) is 11.5 Å². The van der Waals surface area contributed by atoms with E-state index in [4.69, 9.17) is 25.8 Å². The highest BCUT2D eigenvalue weighted by Gasteiger charge is 2.33. The molecule has 0 fully saturated rings. The molecule has 0 saturated heterocycles. The Kier molecular flexibility index (Phi) is 9.73. The Morgan fingerprint density at radius 1 is 1.07 bits per heavy atom. The molecule has 7 nitrogen and oxygen atoms in total. The monoisotopic (exact) mass is 728 g/mol. The second-order valence-electron chi connectivity index (χ2n) is 9.86. The number of aryl methyl sites for hydroxylation is 1. The van der Waals surface area contributed by atoms with Gasteiger partial charge in [0.05, 0.1) is 38.6 Å². The van der Waals surface area contributed by atoms with Crippen LogP contribution in [0.15, 0.2) is 81.7 Å². The lowest BCUT2D eigenvalue weighted by Crippen LogP contribution is -2.39. The molecule has 10 heteroatoms. The summed E-state index contributed by atoms with van der Waals surface area (Å²) >= 11 is 9.82. The van der Waals surface area contributed by atoms with Crippen LogP contribution in [0.4, 0.5) is 0 Å². The molecule has 4 aromatic rings. The van der Waals surface area contributed by atoms with Crippen LogP contribution in [-0.4, -0.2) is 23.8 Å². The fraction of sp³-hybridized carbons (Fsp3) is 0.242. The number of carbonyl (C=O) groups excluding carboxylic acids is 1. The first-order valence-corrected chi connectivity index (χ1v) is 16.1. The molecule has 0 saturated carbocycles. The molecular weight excluding hydrogens is 699 g/mol. The first-order valence-electron chi connectivity index (χ1n) is 13.8. The van der Waals surface area contributed by atoms with E-state index >= 15 is 0 Å². The maximum atomic E-state index is 14.0. The quantitative estimate of drug-likeness (QED) is 0.149. The van der Waals surface area contributed by atoms with Crippen molar-refractivity contribution in [3.63, 3.8) is 0 Å². The van der Waals surface area contributed by atoms with Crippen LogP contribution >= 0.6 is 45.5 Å². The van der Waals surface area contributed by atoms with Crippen molar-refractivity contribution in [2.24, 2.45) is 4.99 Å². The number of rotatable bonds is 9. The fourth-order valence-electron chi connectivity index (χ4n) is 4.85. The van der Waals surface area contributed by atoms with Crippen molar-refractivity contribution in [3.05, 3.63) is 122 Å². The number of ether oxygens (including phenoxy) is 3. The van der Waals surface area contributed by atoms with Gasteiger partial charge in [0.15, 0.2) is 16.3 Å². The van der Waals surface area contributed by atoms with Crippen molar-refractivity contribution in [2.75, 3.05) is 13.2 Å². The number of esters is 1. The molecule has 0 bridgehead atoms. The smallest absolute Gasteiger partial charge is 0.338 e. The van der Waals surface area contributed by atoms with Gasteiger partial charge < -0.3 is 14.2 Å². The predicted octanol–water partition coefficient (Wildman–Crippen LogP) is 6.34. The fourth-order valence-corrected chi connectivity index (χ4v) is 6.86. The van der Waals surface area contributed by atoms with E-state index in [1.807, 2.05) is 80.6 Å². The summed E-state index contributed by atoms with van der Waals surface area (Å²) in [5.41, 5.74) is 4.18. The summed E-state index contributed by atoms with van der Waals surface area (Å²) in [7, 11) is 0. The molecule has 1 aromatic heterocycles.